The van der Waals surface area contributed by atoms with Crippen molar-refractivity contribution in [1.82, 2.24) is 0 Å². The number of aliphatic hydroxyl groups excluding tert-OH is 1. The maximum atomic E-state index is 8.90. The number of hydrogen-bond acceptors (Lipinski definition) is 4. The Labute approximate surface area is 75.6 Å². The molecule has 1 aliphatic heterocycles. The normalized spacial score (nSPS) is 28.7. The Morgan fingerprint density at radius 1 is 1.15 bits per heavy atom. The highest BCUT2D eigenvalue weighted by Crippen LogP contribution is 2.22. The predicted molar refractivity (Wildman–Crippen MR) is 43.3 cm³/mol. The lowest BCUT2D eigenvalue weighted by Gasteiger charge is -2.25. The molecule has 0 amide bonds. The summed E-state index contributed by atoms with van der Waals surface area (Å²) in [5.74, 6) is 0. The van der Waals surface area contributed by atoms with Gasteiger partial charge in [-0.1, -0.05) is 30.3 Å². The van der Waals surface area contributed by atoms with Crippen molar-refractivity contribution in [3.8, 4) is 0 Å². The SMILES string of the molecule is O[C@H]1CO[C@H](c2ccccc2)OO1. The lowest BCUT2D eigenvalue weighted by atomic mass is 10.2. The van der Waals surface area contributed by atoms with Crippen LogP contribution in [-0.4, -0.2) is 18.0 Å². The van der Waals surface area contributed by atoms with Crippen LogP contribution in [0.25, 0.3) is 0 Å². The zero-order valence-corrected chi connectivity index (χ0v) is 6.92. The molecule has 1 heterocycles. The molecule has 1 aliphatic rings. The van der Waals surface area contributed by atoms with Crippen LogP contribution in [-0.2, 0) is 14.5 Å². The van der Waals surface area contributed by atoms with Gasteiger partial charge >= 0.3 is 0 Å². The molecule has 0 aromatic heterocycles. The second-order valence-electron chi connectivity index (χ2n) is 2.72. The molecule has 1 fully saturated rings. The molecule has 0 radical (unpaired) electrons. The molecular weight excluding hydrogens is 172 g/mol. The zero-order chi connectivity index (χ0) is 9.10. The van der Waals surface area contributed by atoms with Gasteiger partial charge in [-0.05, 0) is 0 Å². The van der Waals surface area contributed by atoms with Gasteiger partial charge in [0.15, 0.2) is 0 Å². The third-order valence-corrected chi connectivity index (χ3v) is 1.72. The first-order valence-corrected chi connectivity index (χ1v) is 4.03. The Bertz CT molecular complexity index is 254. The van der Waals surface area contributed by atoms with E-state index in [9.17, 15) is 0 Å². The van der Waals surface area contributed by atoms with Gasteiger partial charge in [0.05, 0.1) is 0 Å². The van der Waals surface area contributed by atoms with Crippen LogP contribution in [0.5, 0.6) is 0 Å². The summed E-state index contributed by atoms with van der Waals surface area (Å²) in [5.41, 5.74) is 0.870. The number of benzene rings is 1. The van der Waals surface area contributed by atoms with E-state index in [4.69, 9.17) is 14.7 Å². The summed E-state index contributed by atoms with van der Waals surface area (Å²) in [7, 11) is 0. The Morgan fingerprint density at radius 3 is 2.54 bits per heavy atom. The molecule has 0 unspecified atom stereocenters. The minimum absolute atomic E-state index is 0.125. The van der Waals surface area contributed by atoms with E-state index in [-0.39, 0.29) is 6.61 Å². The maximum Gasteiger partial charge on any atom is 0.217 e. The molecule has 70 valence electrons. The Morgan fingerprint density at radius 2 is 1.92 bits per heavy atom. The van der Waals surface area contributed by atoms with Crippen molar-refractivity contribution in [2.24, 2.45) is 0 Å². The summed E-state index contributed by atoms with van der Waals surface area (Å²) in [6.45, 7) is 0.125. The van der Waals surface area contributed by atoms with E-state index in [0.717, 1.165) is 5.56 Å². The van der Waals surface area contributed by atoms with E-state index in [1.54, 1.807) is 0 Å². The standard InChI is InChI=1S/C9H10O4/c10-8-6-11-9(13-12-8)7-4-2-1-3-5-7/h1-5,8-10H,6H2/t8-,9+/m1/s1. The highest BCUT2D eigenvalue weighted by Gasteiger charge is 2.22. The highest BCUT2D eigenvalue weighted by atomic mass is 17.3. The minimum Gasteiger partial charge on any atom is -0.364 e. The van der Waals surface area contributed by atoms with Gasteiger partial charge in [-0.25, -0.2) is 0 Å². The average Bonchev–Trinajstić information content (AvgIpc) is 2.20. The summed E-state index contributed by atoms with van der Waals surface area (Å²) in [5, 5.41) is 8.90. The summed E-state index contributed by atoms with van der Waals surface area (Å²) < 4.78 is 5.18. The van der Waals surface area contributed by atoms with Crippen molar-refractivity contribution in [2.45, 2.75) is 12.6 Å². The van der Waals surface area contributed by atoms with Gasteiger partial charge in [0.25, 0.3) is 0 Å². The van der Waals surface area contributed by atoms with Crippen LogP contribution in [0.15, 0.2) is 30.3 Å². The van der Waals surface area contributed by atoms with E-state index in [2.05, 4.69) is 4.89 Å². The first-order valence-electron chi connectivity index (χ1n) is 4.03. The van der Waals surface area contributed by atoms with Crippen molar-refractivity contribution in [2.75, 3.05) is 6.61 Å². The first kappa shape index (κ1) is 8.65. The first-order chi connectivity index (χ1) is 6.36. The topological polar surface area (TPSA) is 47.9 Å². The van der Waals surface area contributed by atoms with Crippen LogP contribution >= 0.6 is 0 Å². The van der Waals surface area contributed by atoms with Crippen LogP contribution in [0.4, 0.5) is 0 Å². The fourth-order valence-electron chi connectivity index (χ4n) is 1.10. The molecule has 1 saturated heterocycles. The monoisotopic (exact) mass is 182 g/mol. The predicted octanol–water partition coefficient (Wildman–Crippen LogP) is 0.982. The molecule has 1 aromatic rings. The fourth-order valence-corrected chi connectivity index (χ4v) is 1.10. The molecule has 1 N–H and O–H groups in total. The highest BCUT2D eigenvalue weighted by molar-refractivity contribution is 5.15. The summed E-state index contributed by atoms with van der Waals surface area (Å²) in [6, 6.07) is 9.40. The molecule has 0 saturated carbocycles. The second-order valence-corrected chi connectivity index (χ2v) is 2.72. The lowest BCUT2D eigenvalue weighted by Crippen LogP contribution is -2.28. The lowest BCUT2D eigenvalue weighted by molar-refractivity contribution is -0.478. The van der Waals surface area contributed by atoms with Gasteiger partial charge in [-0.15, -0.1) is 0 Å². The third kappa shape index (κ3) is 2.05. The van der Waals surface area contributed by atoms with E-state index in [0.29, 0.717) is 0 Å². The van der Waals surface area contributed by atoms with Crippen molar-refractivity contribution >= 4 is 0 Å². The molecule has 0 spiro atoms. The molecule has 1 aromatic carbocycles. The number of ether oxygens (including phenoxy) is 1. The maximum absolute atomic E-state index is 8.90. The number of hydrogen-bond donors (Lipinski definition) is 1. The van der Waals surface area contributed by atoms with Gasteiger partial charge < -0.3 is 9.84 Å². The van der Waals surface area contributed by atoms with Crippen molar-refractivity contribution in [3.63, 3.8) is 0 Å². The smallest absolute Gasteiger partial charge is 0.217 e. The van der Waals surface area contributed by atoms with E-state index >= 15 is 0 Å². The van der Waals surface area contributed by atoms with Crippen molar-refractivity contribution in [3.05, 3.63) is 35.9 Å². The minimum atomic E-state index is -0.986. The number of aliphatic hydroxyl groups is 1. The molecular formula is C9H10O4. The second kappa shape index (κ2) is 3.85. The van der Waals surface area contributed by atoms with Crippen LogP contribution in [0, 0.1) is 0 Å². The quantitative estimate of drug-likeness (QED) is 0.658. The third-order valence-electron chi connectivity index (χ3n) is 1.72. The molecule has 2 rings (SSSR count). The van der Waals surface area contributed by atoms with Gasteiger partial charge in [0, 0.05) is 5.56 Å². The average molecular weight is 182 g/mol. The van der Waals surface area contributed by atoms with Crippen LogP contribution in [0.3, 0.4) is 0 Å². The van der Waals surface area contributed by atoms with Gasteiger partial charge in [0.1, 0.15) is 6.61 Å². The zero-order valence-electron chi connectivity index (χ0n) is 6.92. The van der Waals surface area contributed by atoms with E-state index in [1.165, 1.54) is 0 Å². The molecule has 0 bridgehead atoms. The molecule has 4 nitrogen and oxygen atoms in total. The Balaban J connectivity index is 2.03. The molecule has 4 heteroatoms. The molecule has 2 atom stereocenters. The van der Waals surface area contributed by atoms with Crippen LogP contribution < -0.4 is 0 Å². The summed E-state index contributed by atoms with van der Waals surface area (Å²) >= 11 is 0. The Kier molecular flexibility index (Phi) is 2.56. The van der Waals surface area contributed by atoms with Gasteiger partial charge in [-0.2, -0.15) is 9.78 Å². The van der Waals surface area contributed by atoms with Gasteiger partial charge in [-0.3, -0.25) is 0 Å². The molecule has 13 heavy (non-hydrogen) atoms. The van der Waals surface area contributed by atoms with Gasteiger partial charge in [0.2, 0.25) is 12.6 Å². The summed E-state index contributed by atoms with van der Waals surface area (Å²) in [6.07, 6.45) is -1.52. The fraction of sp³-hybridized carbons (Fsp3) is 0.333. The summed E-state index contributed by atoms with van der Waals surface area (Å²) in [4.78, 5) is 9.38. The van der Waals surface area contributed by atoms with E-state index < -0.39 is 12.6 Å². The largest absolute Gasteiger partial charge is 0.364 e. The Hall–Kier alpha value is -0.940. The van der Waals surface area contributed by atoms with Crippen molar-refractivity contribution < 1.29 is 19.6 Å². The van der Waals surface area contributed by atoms with Crippen molar-refractivity contribution in [1.29, 1.82) is 0 Å². The molecule has 0 aliphatic carbocycles. The number of rotatable bonds is 1. The van der Waals surface area contributed by atoms with E-state index in [1.807, 2.05) is 30.3 Å². The van der Waals surface area contributed by atoms with Crippen LogP contribution in [0.1, 0.15) is 11.9 Å². The van der Waals surface area contributed by atoms with Crippen LogP contribution in [0.2, 0.25) is 0 Å².